The van der Waals surface area contributed by atoms with Crippen molar-refractivity contribution in [2.45, 2.75) is 13.0 Å². The van der Waals surface area contributed by atoms with Crippen LogP contribution in [-0.2, 0) is 9.53 Å². The Hall–Kier alpha value is -1.26. The highest BCUT2D eigenvalue weighted by Gasteiger charge is 2.30. The van der Waals surface area contributed by atoms with Crippen molar-refractivity contribution in [2.75, 3.05) is 24.7 Å². The lowest BCUT2D eigenvalue weighted by atomic mass is 10.1. The molecular formula is C12H14ClNO3. The molecule has 0 spiro atoms. The number of anilines is 1. The SMILES string of the molecule is Cc1c(Cl)cccc1N1CCOCC1C(=O)O. The quantitative estimate of drug-likeness (QED) is 0.878. The minimum atomic E-state index is -0.871. The summed E-state index contributed by atoms with van der Waals surface area (Å²) in [4.78, 5) is 13.0. The number of aliphatic carboxylic acids is 1. The summed E-state index contributed by atoms with van der Waals surface area (Å²) < 4.78 is 5.21. The Balaban J connectivity index is 2.36. The highest BCUT2D eigenvalue weighted by Crippen LogP contribution is 2.28. The van der Waals surface area contributed by atoms with Gasteiger partial charge in [0.25, 0.3) is 0 Å². The summed E-state index contributed by atoms with van der Waals surface area (Å²) in [7, 11) is 0. The summed E-state index contributed by atoms with van der Waals surface area (Å²) in [5, 5.41) is 9.83. The summed E-state index contributed by atoms with van der Waals surface area (Å²) in [5.41, 5.74) is 1.77. The van der Waals surface area contributed by atoms with E-state index in [9.17, 15) is 9.90 Å². The monoisotopic (exact) mass is 255 g/mol. The molecule has 0 saturated carbocycles. The molecule has 1 atom stereocenters. The van der Waals surface area contributed by atoms with Gasteiger partial charge in [-0.1, -0.05) is 17.7 Å². The summed E-state index contributed by atoms with van der Waals surface area (Å²) in [6.45, 7) is 3.21. The lowest BCUT2D eigenvalue weighted by Gasteiger charge is -2.35. The van der Waals surface area contributed by atoms with Crippen LogP contribution >= 0.6 is 11.6 Å². The number of rotatable bonds is 2. The van der Waals surface area contributed by atoms with Gasteiger partial charge < -0.3 is 14.7 Å². The molecule has 5 heteroatoms. The molecule has 17 heavy (non-hydrogen) atoms. The van der Waals surface area contributed by atoms with Gasteiger partial charge in [0.2, 0.25) is 0 Å². The van der Waals surface area contributed by atoms with Crippen molar-refractivity contribution in [3.8, 4) is 0 Å². The van der Waals surface area contributed by atoms with Gasteiger partial charge >= 0.3 is 5.97 Å². The van der Waals surface area contributed by atoms with Crippen molar-refractivity contribution in [1.82, 2.24) is 0 Å². The summed E-state index contributed by atoms with van der Waals surface area (Å²) >= 11 is 6.06. The zero-order valence-electron chi connectivity index (χ0n) is 9.52. The van der Waals surface area contributed by atoms with Gasteiger partial charge in [0.1, 0.15) is 0 Å². The van der Waals surface area contributed by atoms with Gasteiger partial charge in [-0.05, 0) is 24.6 Å². The van der Waals surface area contributed by atoms with Crippen LogP contribution in [0.25, 0.3) is 0 Å². The second-order valence-corrected chi connectivity index (χ2v) is 4.41. The second kappa shape index (κ2) is 4.94. The maximum atomic E-state index is 11.2. The zero-order chi connectivity index (χ0) is 12.4. The Kier molecular flexibility index (Phi) is 3.54. The third kappa shape index (κ3) is 2.37. The molecule has 1 fully saturated rings. The van der Waals surface area contributed by atoms with Crippen LogP contribution < -0.4 is 4.90 Å². The molecule has 0 aliphatic carbocycles. The fraction of sp³-hybridized carbons (Fsp3) is 0.417. The van der Waals surface area contributed by atoms with Gasteiger partial charge in [0.05, 0.1) is 13.2 Å². The van der Waals surface area contributed by atoms with Gasteiger partial charge in [0.15, 0.2) is 6.04 Å². The number of nitrogens with zero attached hydrogens (tertiary/aromatic N) is 1. The number of carbonyl (C=O) groups is 1. The summed E-state index contributed by atoms with van der Waals surface area (Å²) in [6.07, 6.45) is 0. The smallest absolute Gasteiger partial charge is 0.328 e. The molecule has 0 amide bonds. The first-order valence-electron chi connectivity index (χ1n) is 5.43. The van der Waals surface area contributed by atoms with E-state index in [0.717, 1.165) is 11.3 Å². The molecule has 1 heterocycles. The van der Waals surface area contributed by atoms with E-state index in [0.29, 0.717) is 18.2 Å². The Morgan fingerprint density at radius 3 is 3.06 bits per heavy atom. The topological polar surface area (TPSA) is 49.8 Å². The number of hydrogen-bond donors (Lipinski definition) is 1. The predicted molar refractivity (Wildman–Crippen MR) is 65.8 cm³/mol. The Morgan fingerprint density at radius 2 is 2.35 bits per heavy atom. The van der Waals surface area contributed by atoms with Gasteiger partial charge in [-0.3, -0.25) is 0 Å². The highest BCUT2D eigenvalue weighted by atomic mass is 35.5. The molecule has 1 unspecified atom stereocenters. The van der Waals surface area contributed by atoms with E-state index in [4.69, 9.17) is 16.3 Å². The molecule has 4 nitrogen and oxygen atoms in total. The molecule has 2 rings (SSSR count). The van der Waals surface area contributed by atoms with E-state index in [-0.39, 0.29) is 6.61 Å². The Labute approximate surface area is 105 Å². The fourth-order valence-electron chi connectivity index (χ4n) is 2.00. The van der Waals surface area contributed by atoms with E-state index in [2.05, 4.69) is 0 Å². The number of benzene rings is 1. The van der Waals surface area contributed by atoms with Crippen LogP contribution in [-0.4, -0.2) is 36.9 Å². The average Bonchev–Trinajstić information content (AvgIpc) is 2.33. The number of halogens is 1. The molecule has 1 aromatic rings. The van der Waals surface area contributed by atoms with Crippen LogP contribution in [0.3, 0.4) is 0 Å². The average molecular weight is 256 g/mol. The van der Waals surface area contributed by atoms with Gasteiger partial charge in [-0.2, -0.15) is 0 Å². The molecule has 0 radical (unpaired) electrons. The second-order valence-electron chi connectivity index (χ2n) is 4.01. The molecule has 92 valence electrons. The molecule has 1 saturated heterocycles. The standard InChI is InChI=1S/C12H14ClNO3/c1-8-9(13)3-2-4-10(8)14-5-6-17-7-11(14)12(15)16/h2-4,11H,5-7H2,1H3,(H,15,16). The maximum absolute atomic E-state index is 11.2. The minimum Gasteiger partial charge on any atom is -0.480 e. The van der Waals surface area contributed by atoms with Crippen molar-refractivity contribution in [3.63, 3.8) is 0 Å². The van der Waals surface area contributed by atoms with Gasteiger partial charge in [-0.15, -0.1) is 0 Å². The lowest BCUT2D eigenvalue weighted by Crippen LogP contribution is -2.50. The van der Waals surface area contributed by atoms with Crippen LogP contribution in [0.1, 0.15) is 5.56 Å². The van der Waals surface area contributed by atoms with E-state index in [1.165, 1.54) is 0 Å². The molecule has 1 aliphatic rings. The predicted octanol–water partition coefficient (Wildman–Crippen LogP) is 1.94. The first-order valence-corrected chi connectivity index (χ1v) is 5.81. The molecule has 0 aromatic heterocycles. The van der Waals surface area contributed by atoms with Crippen molar-refractivity contribution in [2.24, 2.45) is 0 Å². The van der Waals surface area contributed by atoms with E-state index in [1.807, 2.05) is 24.0 Å². The van der Waals surface area contributed by atoms with E-state index in [1.54, 1.807) is 6.07 Å². The lowest BCUT2D eigenvalue weighted by molar-refractivity contribution is -0.141. The maximum Gasteiger partial charge on any atom is 0.328 e. The fourth-order valence-corrected chi connectivity index (χ4v) is 2.17. The molecule has 1 aromatic carbocycles. The molecule has 0 bridgehead atoms. The van der Waals surface area contributed by atoms with Crippen molar-refractivity contribution in [3.05, 3.63) is 28.8 Å². The van der Waals surface area contributed by atoms with Crippen molar-refractivity contribution >= 4 is 23.3 Å². The van der Waals surface area contributed by atoms with Crippen LogP contribution in [0.2, 0.25) is 5.02 Å². The molecule has 1 N–H and O–H groups in total. The Morgan fingerprint density at radius 1 is 1.59 bits per heavy atom. The third-order valence-electron chi connectivity index (χ3n) is 2.96. The number of morpholine rings is 1. The highest BCUT2D eigenvalue weighted by molar-refractivity contribution is 6.31. The number of hydrogen-bond acceptors (Lipinski definition) is 3. The number of carboxylic acids is 1. The Bertz CT molecular complexity index is 436. The van der Waals surface area contributed by atoms with Crippen LogP contribution in [0.5, 0.6) is 0 Å². The van der Waals surface area contributed by atoms with E-state index >= 15 is 0 Å². The molecule has 1 aliphatic heterocycles. The first-order chi connectivity index (χ1) is 8.11. The minimum absolute atomic E-state index is 0.210. The number of ether oxygens (including phenoxy) is 1. The van der Waals surface area contributed by atoms with Crippen molar-refractivity contribution < 1.29 is 14.6 Å². The van der Waals surface area contributed by atoms with Crippen LogP contribution in [0.4, 0.5) is 5.69 Å². The summed E-state index contributed by atoms with van der Waals surface area (Å²) in [6, 6.07) is 4.89. The normalized spacial score (nSPS) is 20.4. The summed E-state index contributed by atoms with van der Waals surface area (Å²) in [5.74, 6) is -0.871. The number of carboxylic acid groups (broad SMARTS) is 1. The first kappa shape index (κ1) is 12.2. The van der Waals surface area contributed by atoms with Crippen LogP contribution in [0, 0.1) is 6.92 Å². The third-order valence-corrected chi connectivity index (χ3v) is 3.37. The van der Waals surface area contributed by atoms with Gasteiger partial charge in [-0.25, -0.2) is 4.79 Å². The van der Waals surface area contributed by atoms with Crippen molar-refractivity contribution in [1.29, 1.82) is 0 Å². The van der Waals surface area contributed by atoms with Gasteiger partial charge in [0, 0.05) is 17.3 Å². The van der Waals surface area contributed by atoms with E-state index < -0.39 is 12.0 Å². The largest absolute Gasteiger partial charge is 0.480 e. The zero-order valence-corrected chi connectivity index (χ0v) is 10.3. The van der Waals surface area contributed by atoms with Crippen LogP contribution in [0.15, 0.2) is 18.2 Å². The molecular weight excluding hydrogens is 242 g/mol.